The van der Waals surface area contributed by atoms with Crippen LogP contribution in [0, 0.1) is 0 Å². The predicted octanol–water partition coefficient (Wildman–Crippen LogP) is 0.646. The molecule has 3 rings (SSSR count). The minimum atomic E-state index is -3.63. The maximum Gasteiger partial charge on any atom is 0.237 e. The number of nitrogens with zero attached hydrogens (tertiary/aromatic N) is 1. The van der Waals surface area contributed by atoms with Crippen LogP contribution in [0.25, 0.3) is 0 Å². The van der Waals surface area contributed by atoms with Crippen molar-refractivity contribution in [1.82, 2.24) is 10.4 Å². The zero-order chi connectivity index (χ0) is 18.7. The number of hydrazine groups is 1. The summed E-state index contributed by atoms with van der Waals surface area (Å²) < 4.78 is 30.2. The quantitative estimate of drug-likeness (QED) is 0.749. The first-order valence-electron chi connectivity index (χ1n) is 8.32. The third-order valence-corrected chi connectivity index (χ3v) is 7.02. The molecule has 2 aliphatic heterocycles. The molecule has 0 saturated carbocycles. The van der Waals surface area contributed by atoms with E-state index in [0.717, 1.165) is 4.90 Å². The number of rotatable bonds is 5. The van der Waals surface area contributed by atoms with E-state index in [-0.39, 0.29) is 34.1 Å². The molecule has 1 aromatic carbocycles. The van der Waals surface area contributed by atoms with Crippen LogP contribution < -0.4 is 10.7 Å². The number of ether oxygens (including phenoxy) is 1. The summed E-state index contributed by atoms with van der Waals surface area (Å²) in [7, 11) is -3.63. The molecule has 26 heavy (non-hydrogen) atoms. The second kappa shape index (κ2) is 7.95. The summed E-state index contributed by atoms with van der Waals surface area (Å²) in [6.45, 7) is 4.03. The van der Waals surface area contributed by atoms with Crippen LogP contribution in [0.2, 0.25) is 0 Å². The number of morpholine rings is 1. The van der Waals surface area contributed by atoms with Gasteiger partial charge in [0.1, 0.15) is 0 Å². The summed E-state index contributed by atoms with van der Waals surface area (Å²) >= 11 is 1.39. The average molecular weight is 399 g/mol. The van der Waals surface area contributed by atoms with Crippen LogP contribution in [-0.4, -0.2) is 62.5 Å². The van der Waals surface area contributed by atoms with Crippen molar-refractivity contribution < 1.29 is 22.7 Å². The highest BCUT2D eigenvalue weighted by molar-refractivity contribution is 8.01. The van der Waals surface area contributed by atoms with Gasteiger partial charge in [0, 0.05) is 24.4 Å². The van der Waals surface area contributed by atoms with Crippen LogP contribution in [0.1, 0.15) is 13.3 Å². The third-order valence-electron chi connectivity index (χ3n) is 4.13. The molecule has 2 N–H and O–H groups in total. The zero-order valence-electron chi connectivity index (χ0n) is 14.4. The van der Waals surface area contributed by atoms with Crippen LogP contribution in [0.5, 0.6) is 0 Å². The Morgan fingerprint density at radius 2 is 2.12 bits per heavy atom. The topological polar surface area (TPSA) is 105 Å². The van der Waals surface area contributed by atoms with E-state index >= 15 is 0 Å². The summed E-state index contributed by atoms with van der Waals surface area (Å²) in [6.07, 6.45) is -0.130. The minimum Gasteiger partial charge on any atom is -0.379 e. The van der Waals surface area contributed by atoms with Crippen molar-refractivity contribution in [1.29, 1.82) is 0 Å². The number of benzene rings is 1. The van der Waals surface area contributed by atoms with Crippen molar-refractivity contribution >= 4 is 39.1 Å². The Hall–Kier alpha value is -1.62. The van der Waals surface area contributed by atoms with Crippen molar-refractivity contribution in [2.24, 2.45) is 0 Å². The number of nitrogens with one attached hydrogen (secondary N) is 2. The molecule has 1 fully saturated rings. The maximum absolute atomic E-state index is 12.5. The van der Waals surface area contributed by atoms with Crippen molar-refractivity contribution in [2.45, 2.75) is 28.4 Å². The Morgan fingerprint density at radius 1 is 1.38 bits per heavy atom. The molecule has 1 saturated heterocycles. The van der Waals surface area contributed by atoms with Gasteiger partial charge in [-0.2, -0.15) is 0 Å². The highest BCUT2D eigenvalue weighted by Gasteiger charge is 2.25. The highest BCUT2D eigenvalue weighted by Crippen LogP contribution is 2.36. The van der Waals surface area contributed by atoms with Gasteiger partial charge >= 0.3 is 0 Å². The first-order valence-corrected chi connectivity index (χ1v) is 10.8. The number of anilines is 1. The van der Waals surface area contributed by atoms with Gasteiger partial charge in [-0.05, 0) is 25.1 Å². The summed E-state index contributed by atoms with van der Waals surface area (Å²) in [6, 6.07) is 4.67. The lowest BCUT2D eigenvalue weighted by molar-refractivity contribution is -0.127. The number of carbonyl (C=O) groups excluding carboxylic acids is 2. The molecular formula is C16H21N3O5S2. The molecule has 2 aliphatic rings. The molecule has 2 heterocycles. The van der Waals surface area contributed by atoms with Crippen molar-refractivity contribution in [3.05, 3.63) is 18.2 Å². The Bertz CT molecular complexity index is 806. The van der Waals surface area contributed by atoms with E-state index in [0.29, 0.717) is 32.0 Å². The van der Waals surface area contributed by atoms with Crippen molar-refractivity contribution in [3.63, 3.8) is 0 Å². The molecule has 0 radical (unpaired) electrons. The van der Waals surface area contributed by atoms with E-state index in [2.05, 4.69) is 10.7 Å². The van der Waals surface area contributed by atoms with Gasteiger partial charge in [-0.25, -0.2) is 13.4 Å². The summed E-state index contributed by atoms with van der Waals surface area (Å²) in [5.41, 5.74) is 3.19. The molecular weight excluding hydrogens is 378 g/mol. The van der Waals surface area contributed by atoms with Gasteiger partial charge in [-0.15, -0.1) is 11.8 Å². The predicted molar refractivity (Wildman–Crippen MR) is 97.6 cm³/mol. The number of amides is 2. The van der Waals surface area contributed by atoms with E-state index in [9.17, 15) is 18.0 Å². The molecule has 8 nitrogen and oxygen atoms in total. The van der Waals surface area contributed by atoms with Crippen molar-refractivity contribution in [3.8, 4) is 0 Å². The van der Waals surface area contributed by atoms with Crippen LogP contribution in [0.15, 0.2) is 28.0 Å². The van der Waals surface area contributed by atoms with Gasteiger partial charge in [0.15, 0.2) is 9.84 Å². The van der Waals surface area contributed by atoms with Gasteiger partial charge in [0.05, 0.1) is 34.8 Å². The van der Waals surface area contributed by atoms with E-state index in [1.54, 1.807) is 18.0 Å². The minimum absolute atomic E-state index is 0.103. The molecule has 1 atom stereocenters. The van der Waals surface area contributed by atoms with Gasteiger partial charge in [-0.1, -0.05) is 0 Å². The first-order chi connectivity index (χ1) is 12.3. The Balaban J connectivity index is 1.62. The van der Waals surface area contributed by atoms with Gasteiger partial charge in [0.25, 0.3) is 0 Å². The number of fused-ring (bicyclic) bond motifs is 1. The lowest BCUT2D eigenvalue weighted by Gasteiger charge is -2.26. The fraction of sp³-hybridized carbons (Fsp3) is 0.500. The second-order valence-corrected chi connectivity index (χ2v) is 9.60. The fourth-order valence-electron chi connectivity index (χ4n) is 2.63. The summed E-state index contributed by atoms with van der Waals surface area (Å²) in [5, 5.41) is 4.23. The molecule has 1 aromatic rings. The number of sulfone groups is 1. The van der Waals surface area contributed by atoms with Crippen LogP contribution >= 0.6 is 11.8 Å². The van der Waals surface area contributed by atoms with Crippen LogP contribution in [0.3, 0.4) is 0 Å². The first kappa shape index (κ1) is 19.2. The Morgan fingerprint density at radius 3 is 2.85 bits per heavy atom. The lowest BCUT2D eigenvalue weighted by Crippen LogP contribution is -2.48. The fourth-order valence-corrected chi connectivity index (χ4v) is 4.83. The van der Waals surface area contributed by atoms with Gasteiger partial charge in [0.2, 0.25) is 11.8 Å². The van der Waals surface area contributed by atoms with Crippen LogP contribution in [-0.2, 0) is 24.2 Å². The summed E-state index contributed by atoms with van der Waals surface area (Å²) in [4.78, 5) is 24.7. The van der Waals surface area contributed by atoms with E-state index < -0.39 is 9.84 Å². The molecule has 0 spiro atoms. The second-order valence-electron chi connectivity index (χ2n) is 6.11. The largest absolute Gasteiger partial charge is 0.379 e. The molecule has 142 valence electrons. The number of thioether (sulfide) groups is 1. The average Bonchev–Trinajstić information content (AvgIpc) is 2.61. The van der Waals surface area contributed by atoms with E-state index in [1.807, 2.05) is 0 Å². The van der Waals surface area contributed by atoms with Gasteiger partial charge in [-0.3, -0.25) is 15.0 Å². The monoisotopic (exact) mass is 399 g/mol. The Labute approximate surface area is 156 Å². The Kier molecular flexibility index (Phi) is 5.86. The molecule has 0 aliphatic carbocycles. The lowest BCUT2D eigenvalue weighted by atomic mass is 10.3. The molecule has 0 bridgehead atoms. The number of carbonyl (C=O) groups is 2. The molecule has 0 unspecified atom stereocenters. The number of hydrogen-bond acceptors (Lipinski definition) is 7. The maximum atomic E-state index is 12.5. The standard InChI is InChI=1S/C16H21N3O5S2/c1-11-16(21)17-13-10-12(2-3-14(13)25-11)26(22,23)9-4-15(20)18-19-5-7-24-8-6-19/h2-3,10-11H,4-9H2,1H3,(H,17,21)(H,18,20)/t11-/m0/s1. The third kappa shape index (κ3) is 4.56. The highest BCUT2D eigenvalue weighted by atomic mass is 32.2. The van der Waals surface area contributed by atoms with E-state index in [4.69, 9.17) is 4.74 Å². The molecule has 10 heteroatoms. The zero-order valence-corrected chi connectivity index (χ0v) is 16.0. The van der Waals surface area contributed by atoms with E-state index in [1.165, 1.54) is 23.9 Å². The number of hydrogen-bond donors (Lipinski definition) is 2. The normalized spacial score (nSPS) is 21.0. The SMILES string of the molecule is C[C@@H]1Sc2ccc(S(=O)(=O)CCC(=O)NN3CCOCC3)cc2NC1=O. The summed E-state index contributed by atoms with van der Waals surface area (Å²) in [5.74, 6) is -0.785. The molecule has 2 amide bonds. The molecule has 0 aromatic heterocycles. The smallest absolute Gasteiger partial charge is 0.237 e. The van der Waals surface area contributed by atoms with Gasteiger partial charge < -0.3 is 10.1 Å². The van der Waals surface area contributed by atoms with Crippen molar-refractivity contribution in [2.75, 3.05) is 37.4 Å². The van der Waals surface area contributed by atoms with Crippen LogP contribution in [0.4, 0.5) is 5.69 Å².